The van der Waals surface area contributed by atoms with Gasteiger partial charge in [0.2, 0.25) is 5.75 Å². The molecule has 0 bridgehead atoms. The van der Waals surface area contributed by atoms with E-state index in [9.17, 15) is 9.90 Å². The Labute approximate surface area is 125 Å². The maximum Gasteiger partial charge on any atom is 0.253 e. The summed E-state index contributed by atoms with van der Waals surface area (Å²) in [5.41, 5.74) is 0.262. The van der Waals surface area contributed by atoms with Crippen LogP contribution in [0.4, 0.5) is 0 Å². The van der Waals surface area contributed by atoms with Gasteiger partial charge in [0.05, 0.1) is 20.4 Å². The zero-order chi connectivity index (χ0) is 15.7. The number of methoxy groups -OCH3 is 2. The molecule has 0 fully saturated rings. The SMILES string of the molecule is COc1ccc(-c2oc3cc(OC)cnc3c(=O)c2O)cc1. The van der Waals surface area contributed by atoms with Crippen LogP contribution in [0.3, 0.4) is 0 Å². The van der Waals surface area contributed by atoms with E-state index in [4.69, 9.17) is 13.9 Å². The summed E-state index contributed by atoms with van der Waals surface area (Å²) in [6.45, 7) is 0. The zero-order valence-electron chi connectivity index (χ0n) is 12.0. The lowest BCUT2D eigenvalue weighted by molar-refractivity contribution is 0.411. The topological polar surface area (TPSA) is 81.8 Å². The fourth-order valence-electron chi connectivity index (χ4n) is 2.10. The Hall–Kier alpha value is -3.02. The molecule has 0 aliphatic carbocycles. The van der Waals surface area contributed by atoms with Crippen LogP contribution in [-0.2, 0) is 0 Å². The van der Waals surface area contributed by atoms with E-state index >= 15 is 0 Å². The van der Waals surface area contributed by atoms with E-state index in [0.717, 1.165) is 0 Å². The van der Waals surface area contributed by atoms with Crippen LogP contribution < -0.4 is 14.9 Å². The summed E-state index contributed by atoms with van der Waals surface area (Å²) in [5.74, 6) is 0.724. The molecule has 22 heavy (non-hydrogen) atoms. The van der Waals surface area contributed by atoms with Gasteiger partial charge in [0.25, 0.3) is 5.43 Å². The minimum atomic E-state index is -0.588. The molecule has 2 aromatic heterocycles. The summed E-state index contributed by atoms with van der Waals surface area (Å²) < 4.78 is 15.8. The summed E-state index contributed by atoms with van der Waals surface area (Å²) >= 11 is 0. The molecule has 0 amide bonds. The van der Waals surface area contributed by atoms with Crippen LogP contribution in [-0.4, -0.2) is 24.3 Å². The highest BCUT2D eigenvalue weighted by atomic mass is 16.5. The van der Waals surface area contributed by atoms with E-state index in [0.29, 0.717) is 17.1 Å². The maximum atomic E-state index is 12.2. The van der Waals surface area contributed by atoms with Crippen LogP contribution in [0.25, 0.3) is 22.4 Å². The normalized spacial score (nSPS) is 10.6. The van der Waals surface area contributed by atoms with Gasteiger partial charge in [-0.05, 0) is 24.3 Å². The summed E-state index contributed by atoms with van der Waals surface area (Å²) in [6, 6.07) is 8.36. The highest BCUT2D eigenvalue weighted by Gasteiger charge is 2.16. The minimum Gasteiger partial charge on any atom is -0.501 e. The first-order chi connectivity index (χ1) is 10.6. The molecule has 0 atom stereocenters. The van der Waals surface area contributed by atoms with E-state index in [1.54, 1.807) is 37.4 Å². The summed E-state index contributed by atoms with van der Waals surface area (Å²) in [7, 11) is 3.05. The van der Waals surface area contributed by atoms with Gasteiger partial charge in [-0.15, -0.1) is 0 Å². The smallest absolute Gasteiger partial charge is 0.253 e. The standard InChI is InChI=1S/C16H13NO5/c1-20-10-5-3-9(4-6-10)16-15(19)14(18)13-12(22-16)7-11(21-2)8-17-13/h3-8,19H,1-2H3. The first-order valence-corrected chi connectivity index (χ1v) is 6.48. The zero-order valence-corrected chi connectivity index (χ0v) is 12.0. The van der Waals surface area contributed by atoms with Crippen molar-refractivity contribution in [2.75, 3.05) is 14.2 Å². The lowest BCUT2D eigenvalue weighted by Gasteiger charge is -2.07. The van der Waals surface area contributed by atoms with Crippen LogP contribution in [0.2, 0.25) is 0 Å². The van der Waals surface area contributed by atoms with E-state index in [-0.39, 0.29) is 16.9 Å². The van der Waals surface area contributed by atoms with Crippen molar-refractivity contribution in [3.8, 4) is 28.6 Å². The number of rotatable bonds is 3. The number of aromatic hydroxyl groups is 1. The van der Waals surface area contributed by atoms with Crippen LogP contribution in [0.5, 0.6) is 17.2 Å². The fraction of sp³-hybridized carbons (Fsp3) is 0.125. The van der Waals surface area contributed by atoms with Gasteiger partial charge in [-0.25, -0.2) is 4.98 Å². The third-order valence-corrected chi connectivity index (χ3v) is 3.27. The molecule has 1 aromatic carbocycles. The van der Waals surface area contributed by atoms with Crippen molar-refractivity contribution >= 4 is 11.1 Å². The molecular formula is C16H13NO5. The monoisotopic (exact) mass is 299 g/mol. The minimum absolute atomic E-state index is 0.0514. The third-order valence-electron chi connectivity index (χ3n) is 3.27. The molecule has 0 saturated heterocycles. The summed E-state index contributed by atoms with van der Waals surface area (Å²) in [4.78, 5) is 16.2. The van der Waals surface area contributed by atoms with Crippen molar-refractivity contribution in [2.24, 2.45) is 0 Å². The number of ether oxygens (including phenoxy) is 2. The molecule has 0 aliphatic heterocycles. The van der Waals surface area contributed by atoms with Crippen molar-refractivity contribution in [3.63, 3.8) is 0 Å². The van der Waals surface area contributed by atoms with Crippen molar-refractivity contribution in [1.82, 2.24) is 4.98 Å². The number of aromatic nitrogens is 1. The first kappa shape index (κ1) is 13.9. The molecule has 112 valence electrons. The molecule has 0 aliphatic rings. The van der Waals surface area contributed by atoms with E-state index in [1.807, 2.05) is 0 Å². The van der Waals surface area contributed by atoms with Gasteiger partial charge in [0.15, 0.2) is 16.9 Å². The van der Waals surface area contributed by atoms with E-state index < -0.39 is 11.2 Å². The Morgan fingerprint density at radius 3 is 2.41 bits per heavy atom. The van der Waals surface area contributed by atoms with Crippen molar-refractivity contribution in [1.29, 1.82) is 0 Å². The summed E-state index contributed by atoms with van der Waals surface area (Å²) in [6.07, 6.45) is 1.39. The molecule has 0 radical (unpaired) electrons. The van der Waals surface area contributed by atoms with E-state index in [1.165, 1.54) is 13.3 Å². The van der Waals surface area contributed by atoms with Gasteiger partial charge in [0.1, 0.15) is 11.5 Å². The predicted octanol–water partition coefficient (Wildman–Crippen LogP) is 2.58. The molecule has 1 N–H and O–H groups in total. The Kier molecular flexibility index (Phi) is 3.42. The van der Waals surface area contributed by atoms with Crippen molar-refractivity contribution < 1.29 is 19.0 Å². The van der Waals surface area contributed by atoms with Gasteiger partial charge in [-0.3, -0.25) is 4.79 Å². The van der Waals surface area contributed by atoms with Crippen LogP contribution >= 0.6 is 0 Å². The highest BCUT2D eigenvalue weighted by Crippen LogP contribution is 2.31. The van der Waals surface area contributed by atoms with Crippen LogP contribution in [0, 0.1) is 0 Å². The van der Waals surface area contributed by atoms with Crippen molar-refractivity contribution in [3.05, 3.63) is 46.8 Å². The fourth-order valence-corrected chi connectivity index (χ4v) is 2.10. The van der Waals surface area contributed by atoms with Gasteiger partial charge >= 0.3 is 0 Å². The van der Waals surface area contributed by atoms with Crippen LogP contribution in [0.1, 0.15) is 0 Å². The number of hydrogen-bond donors (Lipinski definition) is 1. The quantitative estimate of drug-likeness (QED) is 0.800. The Morgan fingerprint density at radius 2 is 1.77 bits per heavy atom. The molecule has 0 saturated carbocycles. The molecule has 0 unspecified atom stereocenters. The number of hydrogen-bond acceptors (Lipinski definition) is 6. The Balaban J connectivity index is 2.24. The number of nitrogens with zero attached hydrogens (tertiary/aromatic N) is 1. The number of pyridine rings is 1. The second-order valence-corrected chi connectivity index (χ2v) is 4.56. The Bertz CT molecular complexity index is 883. The van der Waals surface area contributed by atoms with Gasteiger partial charge in [0, 0.05) is 11.6 Å². The van der Waals surface area contributed by atoms with Gasteiger partial charge in [-0.2, -0.15) is 0 Å². The molecule has 0 spiro atoms. The number of benzene rings is 1. The number of fused-ring (bicyclic) bond motifs is 1. The molecule has 2 heterocycles. The first-order valence-electron chi connectivity index (χ1n) is 6.48. The third kappa shape index (κ3) is 2.24. The average Bonchev–Trinajstić information content (AvgIpc) is 2.57. The van der Waals surface area contributed by atoms with E-state index in [2.05, 4.69) is 4.98 Å². The summed E-state index contributed by atoms with van der Waals surface area (Å²) in [5, 5.41) is 10.1. The highest BCUT2D eigenvalue weighted by molar-refractivity contribution is 5.79. The lowest BCUT2D eigenvalue weighted by Crippen LogP contribution is -2.04. The van der Waals surface area contributed by atoms with Gasteiger partial charge in [-0.1, -0.05) is 0 Å². The maximum absolute atomic E-state index is 12.2. The molecule has 6 nitrogen and oxygen atoms in total. The van der Waals surface area contributed by atoms with Gasteiger partial charge < -0.3 is 19.0 Å². The molecule has 3 rings (SSSR count). The largest absolute Gasteiger partial charge is 0.501 e. The average molecular weight is 299 g/mol. The predicted molar refractivity (Wildman–Crippen MR) is 80.5 cm³/mol. The molecular weight excluding hydrogens is 286 g/mol. The molecule has 6 heteroatoms. The van der Waals surface area contributed by atoms with Crippen LogP contribution in [0.15, 0.2) is 45.7 Å². The molecule has 3 aromatic rings. The Morgan fingerprint density at radius 1 is 1.09 bits per heavy atom. The lowest BCUT2D eigenvalue weighted by atomic mass is 10.1. The second kappa shape index (κ2) is 5.40. The van der Waals surface area contributed by atoms with Crippen molar-refractivity contribution in [2.45, 2.75) is 0 Å². The second-order valence-electron chi connectivity index (χ2n) is 4.56.